The number of anilines is 2. The molecule has 3 aliphatic heterocycles. The summed E-state index contributed by atoms with van der Waals surface area (Å²) in [6.07, 6.45) is 13.4. The second-order valence-electron chi connectivity index (χ2n) is 31.4. The number of allylic oxidation sites excluding steroid dienone is 1. The summed E-state index contributed by atoms with van der Waals surface area (Å²) in [6, 6.07) is 26.9. The van der Waals surface area contributed by atoms with Gasteiger partial charge in [0.05, 0.1) is 49.8 Å². The number of aliphatic hydroxyl groups excluding tert-OH is 1. The number of halogens is 1. The molecule has 4 aromatic carbocycles. The van der Waals surface area contributed by atoms with Crippen molar-refractivity contribution in [1.29, 1.82) is 0 Å². The Bertz CT molecular complexity index is 4420. The van der Waals surface area contributed by atoms with Gasteiger partial charge in [-0.05, 0) is 166 Å². The lowest BCUT2D eigenvalue weighted by Gasteiger charge is -2.42. The molecule has 4 amide bonds. The van der Waals surface area contributed by atoms with Crippen molar-refractivity contribution >= 4 is 90.3 Å². The van der Waals surface area contributed by atoms with Gasteiger partial charge in [0.1, 0.15) is 34.9 Å². The number of fused-ring (bicyclic) bond motifs is 1. The van der Waals surface area contributed by atoms with Crippen molar-refractivity contribution in [2.24, 2.45) is 16.7 Å². The van der Waals surface area contributed by atoms with Gasteiger partial charge in [-0.1, -0.05) is 101 Å². The van der Waals surface area contributed by atoms with Gasteiger partial charge < -0.3 is 45.5 Å². The van der Waals surface area contributed by atoms with Crippen LogP contribution in [0.2, 0.25) is 5.02 Å². The maximum atomic E-state index is 14.3. The molecule has 23 nitrogen and oxygen atoms in total. The Hall–Kier alpha value is -8.30. The van der Waals surface area contributed by atoms with Crippen LogP contribution < -0.4 is 30.3 Å². The lowest BCUT2D eigenvalue weighted by molar-refractivity contribution is -0.384. The number of thiazole rings is 1. The van der Waals surface area contributed by atoms with Crippen LogP contribution in [0.3, 0.4) is 0 Å². The Labute approximate surface area is 631 Å². The highest BCUT2D eigenvalue weighted by molar-refractivity contribution is 7.90. The van der Waals surface area contributed by atoms with E-state index in [-0.39, 0.29) is 71.5 Å². The predicted octanol–water partition coefficient (Wildman–Crippen LogP) is 13.2. The normalized spacial score (nSPS) is 20.5. The highest BCUT2D eigenvalue weighted by Crippen LogP contribution is 2.44. The fourth-order valence-electron chi connectivity index (χ4n) is 15.7. The number of nitrogens with one attached hydrogen (secondary N) is 5. The average Bonchev–Trinajstić information content (AvgIpc) is 1.06. The third-order valence-electron chi connectivity index (χ3n) is 22.1. The molecule has 7 aromatic rings. The summed E-state index contributed by atoms with van der Waals surface area (Å²) in [4.78, 5) is 91.6. The zero-order chi connectivity index (χ0) is 75.0. The van der Waals surface area contributed by atoms with Gasteiger partial charge in [0.25, 0.3) is 21.6 Å². The molecular weight excluding hydrogens is 1400 g/mol. The van der Waals surface area contributed by atoms with Gasteiger partial charge in [0, 0.05) is 125 Å². The molecule has 0 spiro atoms. The van der Waals surface area contributed by atoms with Crippen molar-refractivity contribution < 1.29 is 42.4 Å². The van der Waals surface area contributed by atoms with Crippen molar-refractivity contribution in [1.82, 2.24) is 49.9 Å². The number of aryl methyl sites for hydroxylation is 1. The van der Waals surface area contributed by atoms with Crippen LogP contribution >= 0.6 is 22.9 Å². The minimum absolute atomic E-state index is 0.00699. The van der Waals surface area contributed by atoms with Gasteiger partial charge >= 0.3 is 0 Å². The number of β-amino-alcohol motifs (C(OH)–C–C–N with tert-alkyl or cyclic N) is 1. The van der Waals surface area contributed by atoms with E-state index in [1.54, 1.807) is 41.8 Å². The number of aromatic nitrogens is 3. The zero-order valence-corrected chi connectivity index (χ0v) is 64.4. The van der Waals surface area contributed by atoms with E-state index in [2.05, 4.69) is 81.2 Å². The number of rotatable bonds is 27. The zero-order valence-electron chi connectivity index (χ0n) is 62.0. The largest absolute Gasteiger partial charge is 0.455 e. The molecule has 566 valence electrons. The number of unbranched alkanes of at least 4 members (excludes halogenated alkanes) is 3. The number of aromatic amines is 1. The quantitative estimate of drug-likeness (QED) is 0.0159. The van der Waals surface area contributed by atoms with E-state index < -0.39 is 55.0 Å². The fourth-order valence-corrected chi connectivity index (χ4v) is 17.7. The SMILES string of the molecule is Cc1ncsc1-c1ccc([C@H](C)NC(=O)[C@@H]2C[C@@H](O)CN2C(=O)[C@@H](NC(=O)CCCCCCN2CCN(C3CCC(CNc4ccc(S(=O)(=O)NC(=O)c5ccc(N6CCN(CC7=C(c8ccc(Cl)cc8)CC(C)(C)CC7)CC6)cc5Oc5cnc6[nH]ccc6c5)cc4[N+](=O)[O-])CC3)CC2)C(C)(C)C)cc1. The molecule has 0 radical (unpaired) electrons. The fraction of sp³-hybridized carbons (Fsp3) is 0.500. The van der Waals surface area contributed by atoms with Crippen LogP contribution in [0, 0.1) is 33.8 Å². The van der Waals surface area contributed by atoms with Crippen molar-refractivity contribution in [3.8, 4) is 21.9 Å². The third kappa shape index (κ3) is 19.3. The molecule has 4 fully saturated rings. The number of nitrogens with zero attached hydrogens (tertiary/aromatic N) is 8. The number of carbonyl (C=O) groups excluding carboxylic acids is 4. The topological polar surface area (TPSA) is 281 Å². The Kier molecular flexibility index (Phi) is 24.7. The number of amides is 4. The molecule has 3 saturated heterocycles. The van der Waals surface area contributed by atoms with Crippen LogP contribution in [0.4, 0.5) is 17.1 Å². The van der Waals surface area contributed by atoms with E-state index in [4.69, 9.17) is 16.3 Å². The first-order valence-corrected chi connectivity index (χ1v) is 40.3. The van der Waals surface area contributed by atoms with Gasteiger partial charge in [-0.3, -0.25) is 39.1 Å². The molecule has 5 aliphatic rings. The summed E-state index contributed by atoms with van der Waals surface area (Å²) in [7, 11) is -4.63. The molecule has 6 heterocycles. The monoisotopic (exact) mass is 1500 g/mol. The Morgan fingerprint density at radius 2 is 1.57 bits per heavy atom. The standard InChI is InChI=1S/C80H102ClN13O10S2/c1-52(55-15-17-57(18-16-55)73-53(2)85-51-105-73)86-77(98)70-44-63(95)50-93(70)78(99)74(79(3,4)5)87-72(96)12-10-8-9-11-33-89-34-38-91(39-35-89)61-23-13-54(14-24-61)47-83-68-28-26-65(45-69(68)94(100)101)106(102,103)88-76(97)66-27-25-62(43-71(66)104-64-42-58-30-32-82-75(58)84-48-64)92-40-36-90(37-41-92)49-59-29-31-80(6,7)46-67(59)56-19-21-60(81)22-20-56/h15-22,25-28,30,32,42-43,45,48,51-52,54,61,63,70,74,83,95H,8-14,23-24,29,31,33-41,44,46-47,49-50H2,1-7H3,(H,82,84)(H,86,98)(H,87,96)(H,88,97)/t52-,54?,61?,63+,70-,74+/m0/s1. The van der Waals surface area contributed by atoms with Crippen molar-refractivity contribution in [3.05, 3.63) is 158 Å². The van der Waals surface area contributed by atoms with E-state index in [0.717, 1.165) is 160 Å². The molecule has 12 rings (SSSR count). The number of ether oxygens (including phenoxy) is 1. The van der Waals surface area contributed by atoms with Gasteiger partial charge in [-0.15, -0.1) is 11.3 Å². The van der Waals surface area contributed by atoms with Gasteiger partial charge in [0.2, 0.25) is 17.7 Å². The summed E-state index contributed by atoms with van der Waals surface area (Å²) in [6.45, 7) is 23.5. The summed E-state index contributed by atoms with van der Waals surface area (Å²) in [5, 5.41) is 34.2. The van der Waals surface area contributed by atoms with Crippen LogP contribution in [-0.2, 0) is 24.4 Å². The molecule has 6 N–H and O–H groups in total. The Balaban J connectivity index is 0.568. The smallest absolute Gasteiger partial charge is 0.293 e. The number of hydrogen-bond acceptors (Lipinski definition) is 18. The number of carbonyl (C=O) groups is 4. The number of sulfonamides is 1. The third-order valence-corrected chi connectivity index (χ3v) is 24.6. The Morgan fingerprint density at radius 1 is 0.849 bits per heavy atom. The number of benzene rings is 4. The first kappa shape index (κ1) is 77.3. The van der Waals surface area contributed by atoms with Crippen molar-refractivity contribution in [2.75, 3.05) is 88.8 Å². The summed E-state index contributed by atoms with van der Waals surface area (Å²) in [5.41, 5.74) is 9.54. The first-order chi connectivity index (χ1) is 50.7. The van der Waals surface area contributed by atoms with Gasteiger partial charge in [-0.25, -0.2) is 23.1 Å². The van der Waals surface area contributed by atoms with Crippen LogP contribution in [0.25, 0.3) is 27.0 Å². The van der Waals surface area contributed by atoms with Crippen molar-refractivity contribution in [2.45, 2.75) is 167 Å². The Morgan fingerprint density at radius 3 is 2.27 bits per heavy atom. The van der Waals surface area contributed by atoms with E-state index in [1.807, 2.05) is 82.6 Å². The van der Waals surface area contributed by atoms with Gasteiger partial charge in [-0.2, -0.15) is 0 Å². The molecule has 2 aliphatic carbocycles. The number of pyridine rings is 1. The predicted molar refractivity (Wildman–Crippen MR) is 417 cm³/mol. The van der Waals surface area contributed by atoms with Crippen LogP contribution in [0.1, 0.15) is 158 Å². The summed E-state index contributed by atoms with van der Waals surface area (Å²) < 4.78 is 36.8. The van der Waals surface area contributed by atoms with E-state index in [9.17, 15) is 42.8 Å². The number of nitro benzene ring substituents is 1. The average molecular weight is 1510 g/mol. The summed E-state index contributed by atoms with van der Waals surface area (Å²) >= 11 is 7.87. The molecule has 26 heteroatoms. The molecule has 0 unspecified atom stereocenters. The van der Waals surface area contributed by atoms with Crippen LogP contribution in [-0.4, -0.2) is 179 Å². The number of aliphatic hydroxyl groups is 1. The first-order valence-electron chi connectivity index (χ1n) is 37.5. The van der Waals surface area contributed by atoms with E-state index in [0.29, 0.717) is 43.5 Å². The number of H-pyrrole nitrogens is 1. The number of likely N-dealkylation sites (tertiary alicyclic amines) is 1. The summed E-state index contributed by atoms with van der Waals surface area (Å²) in [5.74, 6) is -1.19. The maximum Gasteiger partial charge on any atom is 0.293 e. The van der Waals surface area contributed by atoms with E-state index in [1.165, 1.54) is 39.9 Å². The molecular formula is C80H102ClN13O10S2. The molecule has 3 aromatic heterocycles. The molecule has 106 heavy (non-hydrogen) atoms. The second kappa shape index (κ2) is 33.9. The lowest BCUT2D eigenvalue weighted by Crippen LogP contribution is -2.57. The number of piperazine rings is 2. The molecule has 1 saturated carbocycles. The highest BCUT2D eigenvalue weighted by atomic mass is 35.5. The second-order valence-corrected chi connectivity index (χ2v) is 34.4. The molecule has 4 atom stereocenters. The van der Waals surface area contributed by atoms with Crippen molar-refractivity contribution in [3.63, 3.8) is 0 Å². The van der Waals surface area contributed by atoms with Crippen LogP contribution in [0.15, 0.2) is 125 Å². The van der Waals surface area contributed by atoms with Gasteiger partial charge in [0.15, 0.2) is 0 Å². The van der Waals surface area contributed by atoms with Crippen LogP contribution in [0.5, 0.6) is 11.5 Å². The maximum absolute atomic E-state index is 14.3. The minimum Gasteiger partial charge on any atom is -0.455 e. The molecule has 0 bridgehead atoms. The van der Waals surface area contributed by atoms with E-state index >= 15 is 0 Å². The minimum atomic E-state index is -4.63. The highest BCUT2D eigenvalue weighted by Gasteiger charge is 2.45. The number of hydrogen-bond donors (Lipinski definition) is 6. The lowest BCUT2D eigenvalue weighted by atomic mass is 9.72. The number of nitro groups is 1.